The zero-order valence-corrected chi connectivity index (χ0v) is 13.5. The van der Waals surface area contributed by atoms with Gasteiger partial charge in [0.1, 0.15) is 5.82 Å². The molecule has 2 aromatic rings. The monoisotopic (exact) mass is 341 g/mol. The van der Waals surface area contributed by atoms with E-state index < -0.39 is 6.10 Å². The van der Waals surface area contributed by atoms with Crippen LogP contribution in [0.5, 0.6) is 0 Å². The topological polar surface area (TPSA) is 79.8 Å². The molecule has 0 aliphatic carbocycles. The van der Waals surface area contributed by atoms with Gasteiger partial charge in [0.25, 0.3) is 5.91 Å². The number of oxime groups is 1. The van der Waals surface area contributed by atoms with E-state index in [-0.39, 0.29) is 24.1 Å². The van der Waals surface area contributed by atoms with E-state index in [2.05, 4.69) is 15.8 Å². The summed E-state index contributed by atoms with van der Waals surface area (Å²) in [7, 11) is 0. The molecule has 1 unspecified atom stereocenters. The summed E-state index contributed by atoms with van der Waals surface area (Å²) in [6.45, 7) is 1.41. The van der Waals surface area contributed by atoms with E-state index in [0.29, 0.717) is 22.6 Å². The van der Waals surface area contributed by atoms with Gasteiger partial charge in [-0.15, -0.1) is 0 Å². The first kappa shape index (κ1) is 16.6. The highest BCUT2D eigenvalue weighted by molar-refractivity contribution is 6.06. The van der Waals surface area contributed by atoms with Crippen molar-refractivity contribution in [3.05, 3.63) is 59.9 Å². The molecule has 2 N–H and O–H groups in total. The minimum atomic E-state index is -0.789. The molecule has 1 heterocycles. The van der Waals surface area contributed by atoms with Gasteiger partial charge in [0.15, 0.2) is 0 Å². The number of amides is 2. The number of benzene rings is 2. The third-order valence-corrected chi connectivity index (χ3v) is 3.57. The van der Waals surface area contributed by atoms with E-state index in [1.807, 2.05) is 0 Å². The number of anilines is 2. The van der Waals surface area contributed by atoms with Crippen LogP contribution < -0.4 is 10.6 Å². The fourth-order valence-electron chi connectivity index (χ4n) is 2.46. The maximum atomic E-state index is 13.3. The van der Waals surface area contributed by atoms with E-state index >= 15 is 0 Å². The minimum absolute atomic E-state index is 0.198. The summed E-state index contributed by atoms with van der Waals surface area (Å²) in [5, 5.41) is 9.24. The molecule has 1 aliphatic heterocycles. The number of nitrogens with one attached hydrogen (secondary N) is 2. The van der Waals surface area contributed by atoms with Crippen molar-refractivity contribution >= 4 is 28.9 Å². The Kier molecular flexibility index (Phi) is 4.74. The first-order valence-electron chi connectivity index (χ1n) is 7.68. The molecule has 2 aromatic carbocycles. The number of nitrogens with zero attached hydrogens (tertiary/aromatic N) is 1. The quantitative estimate of drug-likeness (QED) is 0.897. The van der Waals surface area contributed by atoms with E-state index in [9.17, 15) is 14.0 Å². The summed E-state index contributed by atoms with van der Waals surface area (Å²) < 4.78 is 13.3. The Hall–Kier alpha value is -3.22. The lowest BCUT2D eigenvalue weighted by atomic mass is 10.0. The van der Waals surface area contributed by atoms with Crippen LogP contribution in [-0.2, 0) is 14.4 Å². The second-order valence-corrected chi connectivity index (χ2v) is 5.60. The van der Waals surface area contributed by atoms with Crippen molar-refractivity contribution in [3.8, 4) is 0 Å². The van der Waals surface area contributed by atoms with Crippen molar-refractivity contribution in [3.63, 3.8) is 0 Å². The maximum Gasteiger partial charge on any atom is 0.268 e. The molecule has 128 valence electrons. The Morgan fingerprint density at radius 3 is 2.56 bits per heavy atom. The molecule has 1 aliphatic rings. The molecule has 0 aromatic heterocycles. The Labute approximate surface area is 143 Å². The molecule has 1 atom stereocenters. The highest BCUT2D eigenvalue weighted by atomic mass is 19.1. The second-order valence-electron chi connectivity index (χ2n) is 5.60. The van der Waals surface area contributed by atoms with E-state index in [0.717, 1.165) is 0 Å². The van der Waals surface area contributed by atoms with Crippen LogP contribution in [0.3, 0.4) is 0 Å². The van der Waals surface area contributed by atoms with Crippen LogP contribution in [0.2, 0.25) is 0 Å². The van der Waals surface area contributed by atoms with Crippen molar-refractivity contribution in [1.29, 1.82) is 0 Å². The highest BCUT2D eigenvalue weighted by Crippen LogP contribution is 2.20. The number of hydrogen-bond donors (Lipinski definition) is 2. The molecular formula is C18H16FN3O3. The van der Waals surface area contributed by atoms with Crippen LogP contribution in [0.15, 0.2) is 53.7 Å². The molecule has 25 heavy (non-hydrogen) atoms. The van der Waals surface area contributed by atoms with Gasteiger partial charge < -0.3 is 15.5 Å². The van der Waals surface area contributed by atoms with Crippen LogP contribution >= 0.6 is 0 Å². The van der Waals surface area contributed by atoms with Crippen LogP contribution in [0.25, 0.3) is 0 Å². The van der Waals surface area contributed by atoms with Gasteiger partial charge in [0.2, 0.25) is 12.0 Å². The first-order valence-corrected chi connectivity index (χ1v) is 7.68. The lowest BCUT2D eigenvalue weighted by molar-refractivity contribution is -0.125. The number of carbonyl (C=O) groups excluding carboxylic acids is 2. The van der Waals surface area contributed by atoms with Gasteiger partial charge in [0, 0.05) is 30.3 Å². The molecule has 6 nitrogen and oxygen atoms in total. The van der Waals surface area contributed by atoms with Crippen molar-refractivity contribution in [2.75, 3.05) is 10.6 Å². The van der Waals surface area contributed by atoms with Gasteiger partial charge in [-0.1, -0.05) is 23.4 Å². The second kappa shape index (κ2) is 7.12. The van der Waals surface area contributed by atoms with Crippen molar-refractivity contribution < 1.29 is 18.8 Å². The SMILES string of the molecule is CC(=O)Nc1cccc(NC(=O)C2CC(c3cccc(F)c3)=NO2)c1. The third-order valence-electron chi connectivity index (χ3n) is 3.57. The Morgan fingerprint density at radius 2 is 1.84 bits per heavy atom. The fourth-order valence-corrected chi connectivity index (χ4v) is 2.46. The summed E-state index contributed by atoms with van der Waals surface area (Å²) in [4.78, 5) is 28.6. The standard InChI is InChI=1S/C18H16FN3O3/c1-11(23)20-14-6-3-7-15(9-14)21-18(24)17-10-16(22-25-17)12-4-2-5-13(19)8-12/h2-9,17H,10H2,1H3,(H,20,23)(H,21,24). The molecule has 7 heteroatoms. The zero-order chi connectivity index (χ0) is 17.8. The molecule has 0 spiro atoms. The van der Waals surface area contributed by atoms with E-state index in [1.165, 1.54) is 19.1 Å². The predicted octanol–water partition coefficient (Wildman–Crippen LogP) is 2.92. The number of carbonyl (C=O) groups is 2. The van der Waals surface area contributed by atoms with Crippen molar-refractivity contribution in [2.24, 2.45) is 5.16 Å². The number of halogens is 1. The smallest absolute Gasteiger partial charge is 0.268 e. The molecule has 0 saturated heterocycles. The minimum Gasteiger partial charge on any atom is -0.382 e. The summed E-state index contributed by atoms with van der Waals surface area (Å²) in [6.07, 6.45) is -0.539. The van der Waals surface area contributed by atoms with E-state index in [1.54, 1.807) is 36.4 Å². The Balaban J connectivity index is 1.63. The van der Waals surface area contributed by atoms with Crippen LogP contribution in [0.1, 0.15) is 18.9 Å². The van der Waals surface area contributed by atoms with Crippen LogP contribution in [0, 0.1) is 5.82 Å². The van der Waals surface area contributed by atoms with Crippen LogP contribution in [0.4, 0.5) is 15.8 Å². The van der Waals surface area contributed by atoms with Crippen molar-refractivity contribution in [1.82, 2.24) is 0 Å². The summed E-state index contributed by atoms with van der Waals surface area (Å²) in [6, 6.07) is 12.7. The average molecular weight is 341 g/mol. The fraction of sp³-hybridized carbons (Fsp3) is 0.167. The lowest BCUT2D eigenvalue weighted by Crippen LogP contribution is -2.28. The summed E-state index contributed by atoms with van der Waals surface area (Å²) >= 11 is 0. The van der Waals surface area contributed by atoms with Gasteiger partial charge in [-0.05, 0) is 30.3 Å². The molecular weight excluding hydrogens is 325 g/mol. The molecule has 0 saturated carbocycles. The molecule has 0 bridgehead atoms. The van der Waals surface area contributed by atoms with Crippen LogP contribution in [-0.4, -0.2) is 23.6 Å². The molecule has 0 fully saturated rings. The zero-order valence-electron chi connectivity index (χ0n) is 13.5. The first-order chi connectivity index (χ1) is 12.0. The molecule has 0 radical (unpaired) electrons. The van der Waals surface area contributed by atoms with Gasteiger partial charge in [0.05, 0.1) is 5.71 Å². The van der Waals surface area contributed by atoms with Gasteiger partial charge in [-0.3, -0.25) is 9.59 Å². The largest absolute Gasteiger partial charge is 0.382 e. The molecule has 2 amide bonds. The van der Waals surface area contributed by atoms with Gasteiger partial charge >= 0.3 is 0 Å². The highest BCUT2D eigenvalue weighted by Gasteiger charge is 2.29. The van der Waals surface area contributed by atoms with E-state index in [4.69, 9.17) is 4.84 Å². The average Bonchev–Trinajstić information content (AvgIpc) is 3.05. The summed E-state index contributed by atoms with van der Waals surface area (Å²) in [5.41, 5.74) is 2.21. The normalized spacial score (nSPS) is 15.9. The maximum absolute atomic E-state index is 13.3. The lowest BCUT2D eigenvalue weighted by Gasteiger charge is -2.11. The van der Waals surface area contributed by atoms with Gasteiger partial charge in [-0.25, -0.2) is 4.39 Å². The Morgan fingerprint density at radius 1 is 1.12 bits per heavy atom. The summed E-state index contributed by atoms with van der Waals surface area (Å²) in [5.74, 6) is -0.936. The van der Waals surface area contributed by atoms with Crippen molar-refractivity contribution in [2.45, 2.75) is 19.4 Å². The molecule has 3 rings (SSSR count). The number of rotatable bonds is 4. The number of hydrogen-bond acceptors (Lipinski definition) is 4. The Bertz CT molecular complexity index is 851. The van der Waals surface area contributed by atoms with Gasteiger partial charge in [-0.2, -0.15) is 0 Å². The predicted molar refractivity (Wildman–Crippen MR) is 91.8 cm³/mol. The third kappa shape index (κ3) is 4.20.